The smallest absolute Gasteiger partial charge is 0.335 e. The van der Waals surface area contributed by atoms with Gasteiger partial charge in [-0.25, -0.2) is 4.79 Å². The van der Waals surface area contributed by atoms with Gasteiger partial charge in [0.05, 0.1) is 88.9 Å². The third-order valence-electron chi connectivity index (χ3n) is 17.9. The van der Waals surface area contributed by atoms with Gasteiger partial charge in [-0.1, -0.05) is 20.8 Å². The quantitative estimate of drug-likeness (QED) is 0.0236. The Balaban J connectivity index is 0.000000345. The molecule has 3 radical (unpaired) electrons. The molecular weight excluding hydrogens is 1890 g/mol. The summed E-state index contributed by atoms with van der Waals surface area (Å²) in [5.41, 5.74) is 13.3. The second kappa shape index (κ2) is 56.4. The maximum atomic E-state index is 12.7. The normalized spacial score (nSPS) is 15.7. The van der Waals surface area contributed by atoms with Gasteiger partial charge >= 0.3 is 29.8 Å². The van der Waals surface area contributed by atoms with Crippen molar-refractivity contribution in [2.45, 2.75) is 109 Å². The molecule has 0 aliphatic carbocycles. The van der Waals surface area contributed by atoms with E-state index in [1.165, 1.54) is 66.7 Å². The van der Waals surface area contributed by atoms with E-state index in [9.17, 15) is 93.9 Å². The van der Waals surface area contributed by atoms with E-state index in [2.05, 4.69) is 96.7 Å². The number of aliphatic hydroxyl groups is 4. The number of guanidine groups is 4. The summed E-state index contributed by atoms with van der Waals surface area (Å²) >= 11 is 0. The number of carboxylic acids is 3. The van der Waals surface area contributed by atoms with Crippen LogP contribution in [0.4, 0.5) is 22.7 Å². The molecule has 0 bridgehead atoms. The largest absolute Gasteiger partial charge is 0.508 e. The van der Waals surface area contributed by atoms with Gasteiger partial charge < -0.3 is 130 Å². The van der Waals surface area contributed by atoms with Crippen molar-refractivity contribution < 1.29 is 212 Å². The minimum absolute atomic E-state index is 0. The molecule has 4 heterocycles. The number of aromatic carboxylic acids is 1. The van der Waals surface area contributed by atoms with Gasteiger partial charge in [-0.15, -0.1) is 5.56 Å². The van der Waals surface area contributed by atoms with Crippen molar-refractivity contribution >= 4 is 106 Å². The number of nitrogens with zero attached hydrogens (tertiary/aromatic N) is 4. The number of aromatic hydroxyl groups is 4. The first kappa shape index (κ1) is 109. The number of aryl methyl sites for hydroxylation is 3. The number of phenols is 4. The van der Waals surface area contributed by atoms with E-state index < -0.39 is 84.4 Å². The third kappa shape index (κ3) is 40.6. The van der Waals surface area contributed by atoms with Crippen molar-refractivity contribution in [1.29, 1.82) is 0 Å². The van der Waals surface area contributed by atoms with Gasteiger partial charge in [0, 0.05) is 214 Å². The Hall–Kier alpha value is -11.0. The Labute approximate surface area is 813 Å². The molecule has 0 aromatic heterocycles. The molecule has 42 heteroatoms. The maximum absolute atomic E-state index is 12.7. The molecule has 24 N–H and O–H groups in total. The van der Waals surface area contributed by atoms with E-state index in [0.29, 0.717) is 84.9 Å². The van der Waals surface area contributed by atoms with Gasteiger partial charge in [0.25, 0.3) is 17.7 Å². The number of nitrogens with one attached hydrogen (secondary N) is 11. The summed E-state index contributed by atoms with van der Waals surface area (Å²) in [6.45, 7) is 11.2. The van der Waals surface area contributed by atoms with Crippen molar-refractivity contribution in [1.82, 2.24) is 37.2 Å². The summed E-state index contributed by atoms with van der Waals surface area (Å²) in [5.74, 6) is -6.13. The first-order valence-corrected chi connectivity index (χ1v) is 39.4. The number of rotatable bonds is 29. The number of amides is 3. The van der Waals surface area contributed by atoms with Crippen molar-refractivity contribution in [2.75, 3.05) is 106 Å². The number of aliphatic carboxylic acids is 2. The zero-order valence-corrected chi connectivity index (χ0v) is 79.3. The van der Waals surface area contributed by atoms with E-state index in [-0.39, 0.29) is 245 Å². The van der Waals surface area contributed by atoms with Gasteiger partial charge in [0.1, 0.15) is 29.5 Å². The zero-order valence-electron chi connectivity index (χ0n) is 70.8. The number of β-amino-alcohol motifs (C(OH)–C–C–N with tert-alkyl or cyclic N) is 4. The van der Waals surface area contributed by atoms with Crippen LogP contribution in [0, 0.1) is 39.0 Å². The van der Waals surface area contributed by atoms with Gasteiger partial charge in [-0.05, 0) is 80.3 Å². The molecule has 11 rings (SSSR count). The number of phenolic OH excluding ortho intramolecular Hbond substituents is 4. The number of ketones is 2. The number of hydrogen-bond donors (Lipinski definition) is 23. The van der Waals surface area contributed by atoms with Crippen LogP contribution >= 0.6 is 0 Å². The minimum atomic E-state index is -1.16. The molecule has 3 amide bonds. The van der Waals surface area contributed by atoms with Crippen LogP contribution in [0.15, 0.2) is 147 Å². The molecule has 128 heavy (non-hydrogen) atoms. The van der Waals surface area contributed by atoms with Crippen molar-refractivity contribution in [2.24, 2.45) is 25.7 Å². The second-order valence-corrected chi connectivity index (χ2v) is 28.9. The molecule has 7 atom stereocenters. The van der Waals surface area contributed by atoms with Crippen LogP contribution in [0.5, 0.6) is 23.0 Å². The minimum Gasteiger partial charge on any atom is -0.508 e. The molecule has 677 valence electrons. The third-order valence-corrected chi connectivity index (χ3v) is 17.9. The summed E-state index contributed by atoms with van der Waals surface area (Å²) in [4.78, 5) is 135. The van der Waals surface area contributed by atoms with Crippen LogP contribution in [0.1, 0.15) is 139 Å². The molecule has 7 aromatic rings. The fourth-order valence-corrected chi connectivity index (χ4v) is 12.1. The number of hydrogen-bond acceptors (Lipinski definition) is 33. The molecule has 4 aliphatic rings. The molecule has 39 nitrogen and oxygen atoms in total. The van der Waals surface area contributed by atoms with E-state index in [1.54, 1.807) is 38.1 Å². The van der Waals surface area contributed by atoms with Crippen LogP contribution < -0.4 is 64.2 Å². The number of Topliss-reactive ketones (excluding diaryl/α,β-unsaturated/α-hetero) is 2. The van der Waals surface area contributed by atoms with Crippen LogP contribution in [-0.4, -0.2) is 249 Å². The number of benzene rings is 7. The van der Waals surface area contributed by atoms with Crippen LogP contribution in [0.25, 0.3) is 0 Å². The monoisotopic (exact) mass is 1990 g/mol. The average molecular weight is 2000 g/mol. The topological polar surface area (TPSA) is 619 Å². The number of nitrogens with two attached hydrogens (primary N) is 1. The number of esters is 2. The number of anilines is 4. The van der Waals surface area contributed by atoms with Gasteiger partial charge in [-0.2, -0.15) is 101 Å². The van der Waals surface area contributed by atoms with E-state index in [4.69, 9.17) is 25.4 Å². The van der Waals surface area contributed by atoms with E-state index in [1.807, 2.05) is 51.1 Å². The summed E-state index contributed by atoms with van der Waals surface area (Å²) in [5, 5.41) is 134. The van der Waals surface area contributed by atoms with Crippen LogP contribution in [0.3, 0.4) is 0 Å². The fraction of sp³-hybridized carbons (Fsp3) is 0.349. The number of carboxylic acid groups (broad SMARTS) is 3. The Morgan fingerprint density at radius 1 is 0.398 bits per heavy atom. The Morgan fingerprint density at radius 2 is 0.695 bits per heavy atom. The zero-order chi connectivity index (χ0) is 91.2. The SMILES string of the molecule is CCOC(=O)CC(CC(=O)CNC(=O)c1cc(O)cc(NC2=NCC(O)CN2)c1)c1c[c-]cc(C)c1.CCOC(=O)CC(N)c1c[c-]cc(C)c1.Cc1c[c-]cc(C(CC(=O)O)CC(=O)CNC(=O)c2cc(O)cc(NC3=NCC(O)CN3)c2)c1.O=C(O)CNC(=O)c1cc(O)cc(NC2=NCC(O)CN2)c1.O=C(O)c1cc(O)cc(NC2=NCC(O)CN2)c1.[Y].[Y].[Y]. The van der Waals surface area contributed by atoms with Gasteiger partial charge in [0.15, 0.2) is 35.4 Å². The Morgan fingerprint density at radius 3 is 0.992 bits per heavy atom. The molecule has 0 saturated heterocycles. The van der Waals surface area contributed by atoms with E-state index in [0.717, 1.165) is 33.9 Å². The predicted molar refractivity (Wildman–Crippen MR) is 460 cm³/mol. The molecule has 0 spiro atoms. The Bertz CT molecular complexity index is 5080. The van der Waals surface area contributed by atoms with Crippen LogP contribution in [0.2, 0.25) is 0 Å². The van der Waals surface area contributed by atoms with Crippen molar-refractivity contribution in [3.8, 4) is 23.0 Å². The maximum Gasteiger partial charge on any atom is 0.335 e. The summed E-state index contributed by atoms with van der Waals surface area (Å²) < 4.78 is 9.89. The summed E-state index contributed by atoms with van der Waals surface area (Å²) in [7, 11) is 0. The standard InChI is InChI=1S/C26H31N4O6.C24H27N4O6.C13H16N4O5.C12H16NO2.C11H13N3O4.3Y/c1-3-36-24(34)11-18(17-6-4-5-16(2)7-17)9-22(32)13-27-25(35)19-8-20(12-21(31)10-19)30-26-28-14-23(33)15-29-26;1-14-3-2-4-15(5-14)16(9-22(32)33)7-20(30)11-25-23(34)17-6-18(10-19(29)8-17)28-24-26-12-21(31)13-27-24;18-9-2-7(12(22)14-6-11(20)21)1-8(3-9)17-13-15-4-10(19)5-16-13;1-3-15-12(14)8-11(13)10-6-4-5-9(2)7-10;15-8-2-6(10(17)18)1-7(3-8)14-11-12-4-9(16)5-13-11;;;/h5-8,10,12,18,23,31,33H,3,9,11,13-15H2,1-2H3,(H,27,35)(H2,28,29,30);3-6,8,10,16,21,29,31H,7,9,11-13H2,1H3,(H,25,34)(H,32,33)(H2,26,27,28);1-3,10,18-19H,4-6H2,(H,14,22)(H,20,21)(H2,15,16,17);5-7,11H,3,8,13H2,1-2H3;1-3,9,15-16H,4-5H2,(H,17,18)(H2,12,13,14);;;/q2*-1;;-1;;;;. The van der Waals surface area contributed by atoms with Gasteiger partial charge in [0.2, 0.25) is 0 Å². The fourth-order valence-electron chi connectivity index (χ4n) is 12.1. The second-order valence-electron chi connectivity index (χ2n) is 28.9. The van der Waals surface area contributed by atoms with Gasteiger partial charge in [-0.3, -0.25) is 63.1 Å². The summed E-state index contributed by atoms with van der Waals surface area (Å²) in [6, 6.07) is 41.4. The van der Waals surface area contributed by atoms with Crippen LogP contribution in [-0.2, 0) is 136 Å². The molecule has 7 aromatic carbocycles. The first-order chi connectivity index (χ1) is 59.5. The molecule has 0 saturated carbocycles. The molecule has 7 unspecified atom stereocenters. The van der Waals surface area contributed by atoms with E-state index >= 15 is 0 Å². The first-order valence-electron chi connectivity index (χ1n) is 39.4. The Kier molecular flexibility index (Phi) is 48.2. The number of aliphatic hydroxyl groups excluding tert-OH is 4. The van der Waals surface area contributed by atoms with Crippen molar-refractivity contribution in [3.63, 3.8) is 0 Å². The number of ether oxygens (including phenoxy) is 2. The predicted octanol–water partition coefficient (Wildman–Crippen LogP) is 3.34. The molecule has 0 fully saturated rings. The average Bonchev–Trinajstić information content (AvgIpc) is 0.852. The number of carbonyl (C=O) groups is 10. The molecular formula is C86H103N16O23Y3-3. The summed E-state index contributed by atoms with van der Waals surface area (Å²) in [6.07, 6.45) is -2.18. The van der Waals surface area contributed by atoms with Crippen molar-refractivity contribution in [3.05, 3.63) is 201 Å². The molecule has 4 aliphatic heterocycles. The number of carbonyl (C=O) groups excluding carboxylic acids is 7. The number of aliphatic imine (C=N–C) groups is 4.